The zero-order valence-electron chi connectivity index (χ0n) is 15.6. The van der Waals surface area contributed by atoms with E-state index in [9.17, 15) is 9.59 Å². The number of esters is 1. The third-order valence-corrected chi connectivity index (χ3v) is 5.39. The SMILES string of the molecule is COC(=O)[C@@H](CC1CCC2CCCCC2C1)NC(=O)OC(C)(C)C. The van der Waals surface area contributed by atoms with Gasteiger partial charge in [-0.2, -0.15) is 0 Å². The molecular weight excluding hydrogens is 306 g/mol. The summed E-state index contributed by atoms with van der Waals surface area (Å²) in [5, 5.41) is 2.71. The highest BCUT2D eigenvalue weighted by atomic mass is 16.6. The molecule has 0 aromatic rings. The van der Waals surface area contributed by atoms with Crippen LogP contribution in [0.15, 0.2) is 0 Å². The summed E-state index contributed by atoms with van der Waals surface area (Å²) in [5.74, 6) is 1.78. The topological polar surface area (TPSA) is 64.6 Å². The summed E-state index contributed by atoms with van der Waals surface area (Å²) in [5.41, 5.74) is -0.578. The van der Waals surface area contributed by atoms with Crippen LogP contribution in [0.25, 0.3) is 0 Å². The number of rotatable bonds is 4. The number of hydrogen-bond donors (Lipinski definition) is 1. The molecule has 0 radical (unpaired) electrons. The number of carbonyl (C=O) groups excluding carboxylic acids is 2. The summed E-state index contributed by atoms with van der Waals surface area (Å²) in [6, 6.07) is -0.616. The van der Waals surface area contributed by atoms with Crippen LogP contribution in [0, 0.1) is 17.8 Å². The van der Waals surface area contributed by atoms with Crippen LogP contribution in [0.2, 0.25) is 0 Å². The first-order valence-corrected chi connectivity index (χ1v) is 9.36. The second-order valence-electron chi connectivity index (χ2n) is 8.44. The lowest BCUT2D eigenvalue weighted by Gasteiger charge is -2.40. The van der Waals surface area contributed by atoms with E-state index in [1.807, 2.05) is 20.8 Å². The van der Waals surface area contributed by atoms with Crippen molar-refractivity contribution < 1.29 is 19.1 Å². The number of carbonyl (C=O) groups is 2. The molecule has 5 nitrogen and oxygen atoms in total. The van der Waals surface area contributed by atoms with E-state index in [1.54, 1.807) is 0 Å². The first kappa shape index (κ1) is 19.1. The molecule has 3 unspecified atom stereocenters. The van der Waals surface area contributed by atoms with Gasteiger partial charge in [-0.15, -0.1) is 0 Å². The number of alkyl carbamates (subject to hydrolysis) is 1. The fourth-order valence-electron chi connectivity index (χ4n) is 4.32. The average Bonchev–Trinajstić information content (AvgIpc) is 2.51. The summed E-state index contributed by atoms with van der Waals surface area (Å²) in [4.78, 5) is 24.1. The lowest BCUT2D eigenvalue weighted by Crippen LogP contribution is -2.45. The minimum absolute atomic E-state index is 0.383. The lowest BCUT2D eigenvalue weighted by molar-refractivity contribution is -0.143. The van der Waals surface area contributed by atoms with Crippen molar-refractivity contribution in [2.24, 2.45) is 17.8 Å². The van der Waals surface area contributed by atoms with Crippen LogP contribution in [0.5, 0.6) is 0 Å². The van der Waals surface area contributed by atoms with Crippen LogP contribution in [-0.4, -0.2) is 30.8 Å². The van der Waals surface area contributed by atoms with Gasteiger partial charge in [0.05, 0.1) is 7.11 Å². The third kappa shape index (κ3) is 5.67. The van der Waals surface area contributed by atoms with E-state index in [0.29, 0.717) is 12.3 Å². The molecule has 138 valence electrons. The van der Waals surface area contributed by atoms with E-state index < -0.39 is 17.7 Å². The van der Waals surface area contributed by atoms with Gasteiger partial charge in [0.1, 0.15) is 11.6 Å². The van der Waals surface area contributed by atoms with E-state index in [0.717, 1.165) is 18.3 Å². The van der Waals surface area contributed by atoms with Crippen LogP contribution >= 0.6 is 0 Å². The van der Waals surface area contributed by atoms with Crippen LogP contribution < -0.4 is 5.32 Å². The van der Waals surface area contributed by atoms with Gasteiger partial charge < -0.3 is 14.8 Å². The van der Waals surface area contributed by atoms with E-state index in [2.05, 4.69) is 5.32 Å². The zero-order chi connectivity index (χ0) is 17.7. The summed E-state index contributed by atoms with van der Waals surface area (Å²) in [6.07, 6.45) is 9.08. The molecule has 0 saturated heterocycles. The first-order valence-electron chi connectivity index (χ1n) is 9.36. The maximum Gasteiger partial charge on any atom is 0.408 e. The molecular formula is C19H33NO4. The van der Waals surface area contributed by atoms with E-state index in [4.69, 9.17) is 9.47 Å². The van der Waals surface area contributed by atoms with Gasteiger partial charge in [0.15, 0.2) is 0 Å². The van der Waals surface area contributed by atoms with Gasteiger partial charge >= 0.3 is 12.1 Å². The van der Waals surface area contributed by atoms with Gasteiger partial charge in [-0.05, 0) is 57.8 Å². The summed E-state index contributed by atoms with van der Waals surface area (Å²) in [6.45, 7) is 5.43. The van der Waals surface area contributed by atoms with Crippen molar-refractivity contribution in [2.45, 2.75) is 83.8 Å². The van der Waals surface area contributed by atoms with Gasteiger partial charge in [-0.1, -0.05) is 32.1 Å². The van der Waals surface area contributed by atoms with Crippen LogP contribution in [0.4, 0.5) is 4.79 Å². The first-order chi connectivity index (χ1) is 11.3. The van der Waals surface area contributed by atoms with Gasteiger partial charge in [-0.25, -0.2) is 9.59 Å². The molecule has 0 spiro atoms. The molecule has 5 heteroatoms. The highest BCUT2D eigenvalue weighted by molar-refractivity contribution is 5.81. The quantitative estimate of drug-likeness (QED) is 0.785. The molecule has 0 aromatic heterocycles. The number of fused-ring (bicyclic) bond motifs is 1. The Morgan fingerprint density at radius 2 is 1.75 bits per heavy atom. The normalized spacial score (nSPS) is 28.4. The van der Waals surface area contributed by atoms with Crippen molar-refractivity contribution in [2.75, 3.05) is 7.11 Å². The Kier molecular flexibility index (Phi) is 6.53. The molecule has 24 heavy (non-hydrogen) atoms. The molecule has 2 fully saturated rings. The maximum absolute atomic E-state index is 12.1. The molecule has 1 N–H and O–H groups in total. The lowest BCUT2D eigenvalue weighted by atomic mass is 9.66. The molecule has 2 rings (SSSR count). The minimum Gasteiger partial charge on any atom is -0.467 e. The fraction of sp³-hybridized carbons (Fsp3) is 0.895. The van der Waals surface area contributed by atoms with Gasteiger partial charge in [0, 0.05) is 0 Å². The molecule has 0 aliphatic heterocycles. The molecule has 2 aliphatic carbocycles. The van der Waals surface area contributed by atoms with Crippen molar-refractivity contribution in [3.05, 3.63) is 0 Å². The van der Waals surface area contributed by atoms with E-state index in [-0.39, 0.29) is 5.97 Å². The summed E-state index contributed by atoms with van der Waals surface area (Å²) >= 11 is 0. The predicted molar refractivity (Wildman–Crippen MR) is 92.6 cm³/mol. The number of nitrogens with one attached hydrogen (secondary N) is 1. The molecule has 4 atom stereocenters. The molecule has 2 aliphatic rings. The Morgan fingerprint density at radius 1 is 1.08 bits per heavy atom. The van der Waals surface area contributed by atoms with Crippen molar-refractivity contribution >= 4 is 12.1 Å². The summed E-state index contributed by atoms with van der Waals surface area (Å²) < 4.78 is 10.2. The fourth-order valence-corrected chi connectivity index (χ4v) is 4.32. The van der Waals surface area contributed by atoms with Crippen LogP contribution in [0.3, 0.4) is 0 Å². The standard InChI is InChI=1S/C19H33NO4/c1-19(2,3)24-18(22)20-16(17(21)23-4)12-13-9-10-14-7-5-6-8-15(14)11-13/h13-16H,5-12H2,1-4H3,(H,20,22)/t13?,14?,15?,16-/m1/s1. The number of ether oxygens (including phenoxy) is 2. The number of amides is 1. The van der Waals surface area contributed by atoms with Gasteiger partial charge in [0.2, 0.25) is 0 Å². The van der Waals surface area contributed by atoms with E-state index in [1.165, 1.54) is 45.6 Å². The molecule has 2 saturated carbocycles. The van der Waals surface area contributed by atoms with Crippen LogP contribution in [0.1, 0.15) is 72.1 Å². The Morgan fingerprint density at radius 3 is 2.38 bits per heavy atom. The Balaban J connectivity index is 1.91. The molecule has 0 heterocycles. The summed E-state index contributed by atoms with van der Waals surface area (Å²) in [7, 11) is 1.37. The van der Waals surface area contributed by atoms with Crippen LogP contribution in [-0.2, 0) is 14.3 Å². The smallest absolute Gasteiger partial charge is 0.408 e. The number of methoxy groups -OCH3 is 1. The second-order valence-corrected chi connectivity index (χ2v) is 8.44. The highest BCUT2D eigenvalue weighted by Gasteiger charge is 2.35. The van der Waals surface area contributed by atoms with Gasteiger partial charge in [-0.3, -0.25) is 0 Å². The van der Waals surface area contributed by atoms with Crippen molar-refractivity contribution in [3.8, 4) is 0 Å². The van der Waals surface area contributed by atoms with Crippen molar-refractivity contribution in [1.29, 1.82) is 0 Å². The molecule has 0 aromatic carbocycles. The Labute approximate surface area is 145 Å². The second kappa shape index (κ2) is 8.21. The third-order valence-electron chi connectivity index (χ3n) is 5.39. The van der Waals surface area contributed by atoms with Crippen molar-refractivity contribution in [1.82, 2.24) is 5.32 Å². The number of hydrogen-bond acceptors (Lipinski definition) is 4. The highest BCUT2D eigenvalue weighted by Crippen LogP contribution is 2.43. The maximum atomic E-state index is 12.1. The molecule has 0 bridgehead atoms. The monoisotopic (exact) mass is 339 g/mol. The predicted octanol–water partition coefficient (Wildman–Crippen LogP) is 4.05. The average molecular weight is 339 g/mol. The van der Waals surface area contributed by atoms with Crippen molar-refractivity contribution in [3.63, 3.8) is 0 Å². The Bertz CT molecular complexity index is 443. The Hall–Kier alpha value is -1.26. The van der Waals surface area contributed by atoms with Gasteiger partial charge in [0.25, 0.3) is 0 Å². The molecule has 1 amide bonds. The van der Waals surface area contributed by atoms with E-state index >= 15 is 0 Å². The largest absolute Gasteiger partial charge is 0.467 e. The zero-order valence-corrected chi connectivity index (χ0v) is 15.6. The minimum atomic E-state index is -0.616.